The van der Waals surface area contributed by atoms with Crippen LogP contribution >= 0.6 is 11.3 Å². The van der Waals surface area contributed by atoms with E-state index >= 15 is 0 Å². The minimum absolute atomic E-state index is 0.280. The maximum absolute atomic E-state index is 12.2. The van der Waals surface area contributed by atoms with Crippen LogP contribution in [0.25, 0.3) is 10.6 Å². The number of alkyl halides is 3. The van der Waals surface area contributed by atoms with Crippen LogP contribution < -0.4 is 0 Å². The molecule has 0 aliphatic carbocycles. The third-order valence-electron chi connectivity index (χ3n) is 1.69. The number of hydrogen-bond donors (Lipinski definition) is 0. The van der Waals surface area contributed by atoms with Crippen LogP contribution in [0.2, 0.25) is 0 Å². The summed E-state index contributed by atoms with van der Waals surface area (Å²) in [5.41, 5.74) is 0.644. The molecule has 2 aromatic rings. The average Bonchev–Trinajstić information content (AvgIpc) is 2.67. The topological polar surface area (TPSA) is 25.8 Å². The molecule has 0 radical (unpaired) electrons. The van der Waals surface area contributed by atoms with Crippen LogP contribution in [-0.4, -0.2) is 10.2 Å². The maximum Gasteiger partial charge on any atom is 0.445 e. The Morgan fingerprint density at radius 2 is 1.67 bits per heavy atom. The van der Waals surface area contributed by atoms with Crippen molar-refractivity contribution in [1.82, 2.24) is 10.2 Å². The van der Waals surface area contributed by atoms with E-state index in [9.17, 15) is 13.2 Å². The Morgan fingerprint density at radius 1 is 1.00 bits per heavy atom. The summed E-state index contributed by atoms with van der Waals surface area (Å²) in [6, 6.07) is 8.66. The average molecular weight is 230 g/mol. The van der Waals surface area contributed by atoms with E-state index in [1.54, 1.807) is 30.3 Å². The highest BCUT2D eigenvalue weighted by Gasteiger charge is 2.35. The molecule has 0 amide bonds. The van der Waals surface area contributed by atoms with Gasteiger partial charge in [-0.25, -0.2) is 0 Å². The van der Waals surface area contributed by atoms with Crippen LogP contribution in [0.1, 0.15) is 5.01 Å². The molecule has 2 nitrogen and oxygen atoms in total. The van der Waals surface area contributed by atoms with Gasteiger partial charge in [-0.2, -0.15) is 13.2 Å². The van der Waals surface area contributed by atoms with Crippen LogP contribution in [0, 0.1) is 0 Å². The number of hydrogen-bond acceptors (Lipinski definition) is 3. The fraction of sp³-hybridized carbons (Fsp3) is 0.111. The number of benzene rings is 1. The van der Waals surface area contributed by atoms with Crippen LogP contribution in [0.5, 0.6) is 0 Å². The van der Waals surface area contributed by atoms with Crippen molar-refractivity contribution in [3.63, 3.8) is 0 Å². The summed E-state index contributed by atoms with van der Waals surface area (Å²) in [4.78, 5) is 0. The summed E-state index contributed by atoms with van der Waals surface area (Å²) >= 11 is 0.546. The summed E-state index contributed by atoms with van der Waals surface area (Å²) in [6.07, 6.45) is -4.41. The van der Waals surface area contributed by atoms with Gasteiger partial charge in [-0.3, -0.25) is 0 Å². The van der Waals surface area contributed by atoms with Gasteiger partial charge in [0.1, 0.15) is 5.01 Å². The lowest BCUT2D eigenvalue weighted by Gasteiger charge is -1.97. The van der Waals surface area contributed by atoms with E-state index in [0.717, 1.165) is 0 Å². The minimum atomic E-state index is -4.41. The molecule has 0 saturated heterocycles. The van der Waals surface area contributed by atoms with Gasteiger partial charge in [0.05, 0.1) is 0 Å². The molecule has 6 heteroatoms. The van der Waals surface area contributed by atoms with Gasteiger partial charge in [-0.15, -0.1) is 10.2 Å². The molecule has 2 rings (SSSR count). The molecule has 0 saturated carbocycles. The second kappa shape index (κ2) is 3.62. The first-order valence-electron chi connectivity index (χ1n) is 4.03. The van der Waals surface area contributed by atoms with Crippen LogP contribution in [0.15, 0.2) is 30.3 Å². The Hall–Kier alpha value is -1.43. The molecule has 1 aromatic carbocycles. The largest absolute Gasteiger partial charge is 0.445 e. The van der Waals surface area contributed by atoms with Gasteiger partial charge < -0.3 is 0 Å². The van der Waals surface area contributed by atoms with E-state index in [1.807, 2.05) is 0 Å². The zero-order chi connectivity index (χ0) is 10.9. The van der Waals surface area contributed by atoms with Crippen LogP contribution in [0.4, 0.5) is 13.2 Å². The standard InChI is InChI=1S/C9H5F3N2S/c10-9(11,12)8-14-13-7(15-8)6-4-2-1-3-5-6/h1-5H. The van der Waals surface area contributed by atoms with Crippen molar-refractivity contribution >= 4 is 11.3 Å². The normalized spacial score (nSPS) is 11.7. The van der Waals surface area contributed by atoms with Crippen molar-refractivity contribution in [1.29, 1.82) is 0 Å². The van der Waals surface area contributed by atoms with E-state index in [0.29, 0.717) is 16.9 Å². The van der Waals surface area contributed by atoms with E-state index in [2.05, 4.69) is 10.2 Å². The van der Waals surface area contributed by atoms with E-state index < -0.39 is 11.2 Å². The summed E-state index contributed by atoms with van der Waals surface area (Å²) in [7, 11) is 0. The first-order valence-corrected chi connectivity index (χ1v) is 4.85. The molecule has 1 aromatic heterocycles. The van der Waals surface area contributed by atoms with Gasteiger partial charge in [0, 0.05) is 5.56 Å². The quantitative estimate of drug-likeness (QED) is 0.751. The van der Waals surface area contributed by atoms with Crippen molar-refractivity contribution in [3.05, 3.63) is 35.3 Å². The fourth-order valence-electron chi connectivity index (χ4n) is 1.04. The summed E-state index contributed by atoms with van der Waals surface area (Å²) in [5, 5.41) is 5.97. The highest BCUT2D eigenvalue weighted by molar-refractivity contribution is 7.14. The second-order valence-electron chi connectivity index (χ2n) is 2.78. The molecule has 78 valence electrons. The van der Waals surface area contributed by atoms with Crippen molar-refractivity contribution in [3.8, 4) is 10.6 Å². The number of aromatic nitrogens is 2. The molecule has 0 aliphatic rings. The van der Waals surface area contributed by atoms with E-state index in [4.69, 9.17) is 0 Å². The highest BCUT2D eigenvalue weighted by atomic mass is 32.1. The molecular weight excluding hydrogens is 225 g/mol. The van der Waals surface area contributed by atoms with E-state index in [-0.39, 0.29) is 5.01 Å². The van der Waals surface area contributed by atoms with Crippen molar-refractivity contribution < 1.29 is 13.2 Å². The lowest BCUT2D eigenvalue weighted by atomic mass is 10.2. The van der Waals surface area contributed by atoms with E-state index in [1.165, 1.54) is 0 Å². The predicted octanol–water partition coefficient (Wildman–Crippen LogP) is 3.22. The van der Waals surface area contributed by atoms with Gasteiger partial charge >= 0.3 is 6.18 Å². The molecule has 0 N–H and O–H groups in total. The predicted molar refractivity (Wildman–Crippen MR) is 50.3 cm³/mol. The maximum atomic E-state index is 12.2. The summed E-state index contributed by atoms with van der Waals surface area (Å²) in [6.45, 7) is 0. The Kier molecular flexibility index (Phi) is 2.44. The molecule has 0 bridgehead atoms. The lowest BCUT2D eigenvalue weighted by Crippen LogP contribution is -2.03. The molecule has 0 fully saturated rings. The Bertz CT molecular complexity index is 450. The third-order valence-corrected chi connectivity index (χ3v) is 2.71. The minimum Gasteiger partial charge on any atom is -0.164 e. The number of nitrogens with zero attached hydrogens (tertiary/aromatic N) is 2. The monoisotopic (exact) mass is 230 g/mol. The molecule has 0 aliphatic heterocycles. The van der Waals surface area contributed by atoms with Gasteiger partial charge in [0.15, 0.2) is 0 Å². The molecule has 0 atom stereocenters. The lowest BCUT2D eigenvalue weighted by molar-refractivity contribution is -0.138. The fourth-order valence-corrected chi connectivity index (χ4v) is 1.75. The third kappa shape index (κ3) is 2.15. The first-order chi connectivity index (χ1) is 7.07. The molecule has 0 spiro atoms. The van der Waals surface area contributed by atoms with Crippen LogP contribution in [0.3, 0.4) is 0 Å². The highest BCUT2D eigenvalue weighted by Crippen LogP contribution is 2.34. The summed E-state index contributed by atoms with van der Waals surface area (Å²) in [5.74, 6) is 0. The van der Waals surface area contributed by atoms with Crippen molar-refractivity contribution in [2.45, 2.75) is 6.18 Å². The first kappa shape index (κ1) is 10.1. The molecular formula is C9H5F3N2S. The van der Waals surface area contributed by atoms with Crippen molar-refractivity contribution in [2.24, 2.45) is 0 Å². The van der Waals surface area contributed by atoms with Gasteiger partial charge in [0.25, 0.3) is 0 Å². The molecule has 1 heterocycles. The number of rotatable bonds is 1. The summed E-state index contributed by atoms with van der Waals surface area (Å²) < 4.78 is 36.7. The van der Waals surface area contributed by atoms with Gasteiger partial charge in [-0.05, 0) is 0 Å². The van der Waals surface area contributed by atoms with Crippen LogP contribution in [-0.2, 0) is 6.18 Å². The molecule has 15 heavy (non-hydrogen) atoms. The van der Waals surface area contributed by atoms with Gasteiger partial charge in [-0.1, -0.05) is 41.7 Å². The number of halogens is 3. The van der Waals surface area contributed by atoms with Gasteiger partial charge in [0.2, 0.25) is 5.01 Å². The Balaban J connectivity index is 2.37. The smallest absolute Gasteiger partial charge is 0.164 e. The zero-order valence-electron chi connectivity index (χ0n) is 7.32. The SMILES string of the molecule is FC(F)(F)c1nnc(-c2ccccc2)s1. The van der Waals surface area contributed by atoms with Crippen molar-refractivity contribution in [2.75, 3.05) is 0 Å². The second-order valence-corrected chi connectivity index (χ2v) is 3.75. The Labute approximate surface area is 87.4 Å². The molecule has 0 unspecified atom stereocenters. The zero-order valence-corrected chi connectivity index (χ0v) is 8.14. The Morgan fingerprint density at radius 3 is 2.20 bits per heavy atom.